The highest BCUT2D eigenvalue weighted by atomic mass is 127. The molecule has 1 aliphatic rings. The van der Waals surface area contributed by atoms with Crippen LogP contribution >= 0.6 is 24.0 Å². The largest absolute Gasteiger partial charge is 0.356 e. The van der Waals surface area contributed by atoms with Crippen LogP contribution in [0.3, 0.4) is 0 Å². The van der Waals surface area contributed by atoms with Crippen molar-refractivity contribution in [2.24, 2.45) is 16.8 Å². The normalized spacial score (nSPS) is 20.3. The minimum Gasteiger partial charge on any atom is -0.356 e. The first-order valence-corrected chi connectivity index (χ1v) is 9.24. The zero-order valence-electron chi connectivity index (χ0n) is 16.4. The molecule has 1 aliphatic heterocycles. The van der Waals surface area contributed by atoms with Crippen LogP contribution in [0.1, 0.15) is 25.8 Å². The molecule has 5 nitrogen and oxygen atoms in total. The first-order chi connectivity index (χ1) is 12.0. The second-order valence-corrected chi connectivity index (χ2v) is 7.28. The number of hydrogen-bond donors (Lipinski definition) is 1. The second kappa shape index (κ2) is 11.4. The van der Waals surface area contributed by atoms with Crippen molar-refractivity contribution >= 4 is 35.8 Å². The smallest absolute Gasteiger partial charge is 0.243 e. The maximum Gasteiger partial charge on any atom is 0.243 e. The van der Waals surface area contributed by atoms with Gasteiger partial charge in [0, 0.05) is 33.7 Å². The molecular formula is C20H33IN4O. The van der Waals surface area contributed by atoms with E-state index in [2.05, 4.69) is 53.3 Å². The van der Waals surface area contributed by atoms with E-state index in [0.717, 1.165) is 37.9 Å². The van der Waals surface area contributed by atoms with Crippen molar-refractivity contribution in [2.75, 3.05) is 40.3 Å². The van der Waals surface area contributed by atoms with Gasteiger partial charge in [0.1, 0.15) is 6.54 Å². The van der Waals surface area contributed by atoms with E-state index in [-0.39, 0.29) is 36.4 Å². The van der Waals surface area contributed by atoms with Crippen molar-refractivity contribution < 1.29 is 4.79 Å². The quantitative estimate of drug-likeness (QED) is 0.408. The summed E-state index contributed by atoms with van der Waals surface area (Å²) < 4.78 is 0. The van der Waals surface area contributed by atoms with Gasteiger partial charge >= 0.3 is 0 Å². The Morgan fingerprint density at radius 1 is 1.23 bits per heavy atom. The maximum absolute atomic E-state index is 11.9. The lowest BCUT2D eigenvalue weighted by molar-refractivity contribution is -0.127. The molecule has 0 bridgehead atoms. The van der Waals surface area contributed by atoms with Crippen molar-refractivity contribution in [1.29, 1.82) is 0 Å². The molecule has 1 amide bonds. The molecule has 1 saturated heterocycles. The van der Waals surface area contributed by atoms with E-state index in [9.17, 15) is 4.79 Å². The average molecular weight is 472 g/mol. The Balaban J connectivity index is 0.00000338. The highest BCUT2D eigenvalue weighted by molar-refractivity contribution is 14.0. The number of benzene rings is 1. The lowest BCUT2D eigenvalue weighted by Gasteiger charge is -2.37. The standard InChI is InChI=1S/C20H32N4O.HI/c1-16-11-13-24(15-17(16)2)20(22-14-19(25)23(3)4)21-12-10-18-8-6-5-7-9-18;/h5-9,16-17H,10-15H2,1-4H3,(H,21,22);1H. The first-order valence-electron chi connectivity index (χ1n) is 9.24. The summed E-state index contributed by atoms with van der Waals surface area (Å²) in [5.74, 6) is 2.27. The summed E-state index contributed by atoms with van der Waals surface area (Å²) in [4.78, 5) is 20.4. The lowest BCUT2D eigenvalue weighted by Crippen LogP contribution is -2.48. The number of piperidine rings is 1. The van der Waals surface area contributed by atoms with Crippen LogP contribution in [0.5, 0.6) is 0 Å². The van der Waals surface area contributed by atoms with E-state index in [4.69, 9.17) is 0 Å². The zero-order valence-corrected chi connectivity index (χ0v) is 18.8. The average Bonchev–Trinajstić information content (AvgIpc) is 2.61. The molecule has 0 saturated carbocycles. The van der Waals surface area contributed by atoms with Crippen LogP contribution < -0.4 is 5.32 Å². The van der Waals surface area contributed by atoms with Gasteiger partial charge in [-0.2, -0.15) is 0 Å². The van der Waals surface area contributed by atoms with E-state index in [1.54, 1.807) is 19.0 Å². The number of halogens is 1. The molecule has 1 N–H and O–H groups in total. The number of carbonyl (C=O) groups is 1. The zero-order chi connectivity index (χ0) is 18.2. The number of carbonyl (C=O) groups excluding carboxylic acids is 1. The minimum absolute atomic E-state index is 0. The van der Waals surface area contributed by atoms with Gasteiger partial charge in [-0.05, 0) is 30.2 Å². The summed E-state index contributed by atoms with van der Waals surface area (Å²) >= 11 is 0. The number of likely N-dealkylation sites (N-methyl/N-ethyl adjacent to an activating group) is 1. The fourth-order valence-electron chi connectivity index (χ4n) is 2.97. The minimum atomic E-state index is 0. The fraction of sp³-hybridized carbons (Fsp3) is 0.600. The van der Waals surface area contributed by atoms with Gasteiger partial charge in [0.25, 0.3) is 0 Å². The molecule has 0 spiro atoms. The highest BCUT2D eigenvalue weighted by Gasteiger charge is 2.24. The third kappa shape index (κ3) is 7.13. The maximum atomic E-state index is 11.9. The molecule has 1 aromatic rings. The molecular weight excluding hydrogens is 439 g/mol. The van der Waals surface area contributed by atoms with E-state index >= 15 is 0 Å². The molecule has 2 rings (SSSR count). The molecule has 1 aromatic carbocycles. The molecule has 6 heteroatoms. The van der Waals surface area contributed by atoms with Gasteiger partial charge in [-0.3, -0.25) is 4.79 Å². The number of aliphatic imine (C=N–C) groups is 1. The molecule has 1 fully saturated rings. The van der Waals surface area contributed by atoms with Gasteiger partial charge in [-0.25, -0.2) is 4.99 Å². The van der Waals surface area contributed by atoms with Gasteiger partial charge in [-0.15, -0.1) is 24.0 Å². The topological polar surface area (TPSA) is 47.9 Å². The number of rotatable bonds is 5. The SMILES string of the molecule is CC1CCN(C(=NCC(=O)N(C)C)NCCc2ccccc2)CC1C.I. The molecule has 2 unspecified atom stereocenters. The van der Waals surface area contributed by atoms with E-state index in [0.29, 0.717) is 5.92 Å². The van der Waals surface area contributed by atoms with Crippen molar-refractivity contribution in [3.63, 3.8) is 0 Å². The van der Waals surface area contributed by atoms with E-state index < -0.39 is 0 Å². The number of likely N-dealkylation sites (tertiary alicyclic amines) is 1. The first kappa shape index (κ1) is 22.7. The number of nitrogens with zero attached hydrogens (tertiary/aromatic N) is 3. The Hall–Kier alpha value is -1.31. The van der Waals surface area contributed by atoms with Crippen LogP contribution in [-0.4, -0.2) is 61.9 Å². The van der Waals surface area contributed by atoms with E-state index in [1.165, 1.54) is 12.0 Å². The Morgan fingerprint density at radius 2 is 1.92 bits per heavy atom. The van der Waals surface area contributed by atoms with Crippen molar-refractivity contribution in [1.82, 2.24) is 15.1 Å². The van der Waals surface area contributed by atoms with Crippen LogP contribution in [-0.2, 0) is 11.2 Å². The summed E-state index contributed by atoms with van der Waals surface area (Å²) in [5, 5.41) is 3.47. The van der Waals surface area contributed by atoms with Crippen LogP contribution in [0.15, 0.2) is 35.3 Å². The summed E-state index contributed by atoms with van der Waals surface area (Å²) in [6.07, 6.45) is 2.11. The Labute approximate surface area is 175 Å². The predicted octanol–water partition coefficient (Wildman–Crippen LogP) is 2.86. The van der Waals surface area contributed by atoms with Gasteiger partial charge in [-0.1, -0.05) is 44.2 Å². The van der Waals surface area contributed by atoms with Crippen molar-refractivity contribution in [3.05, 3.63) is 35.9 Å². The lowest BCUT2D eigenvalue weighted by atomic mass is 9.89. The molecule has 1 heterocycles. The van der Waals surface area contributed by atoms with Crippen LogP contribution in [0.2, 0.25) is 0 Å². The highest BCUT2D eigenvalue weighted by Crippen LogP contribution is 2.22. The van der Waals surface area contributed by atoms with E-state index in [1.807, 2.05) is 6.07 Å². The monoisotopic (exact) mass is 472 g/mol. The van der Waals surface area contributed by atoms with Crippen molar-refractivity contribution in [3.8, 4) is 0 Å². The number of guanidine groups is 1. The molecule has 0 aliphatic carbocycles. The third-order valence-corrected chi connectivity index (χ3v) is 5.04. The Bertz CT molecular complexity index is 576. The van der Waals surface area contributed by atoms with Crippen LogP contribution in [0, 0.1) is 11.8 Å². The summed E-state index contributed by atoms with van der Waals surface area (Å²) in [7, 11) is 3.54. The van der Waals surface area contributed by atoms with Gasteiger partial charge < -0.3 is 15.1 Å². The number of hydrogen-bond acceptors (Lipinski definition) is 2. The van der Waals surface area contributed by atoms with Gasteiger partial charge in [0.05, 0.1) is 0 Å². The Morgan fingerprint density at radius 3 is 2.54 bits per heavy atom. The summed E-state index contributed by atoms with van der Waals surface area (Å²) in [6, 6.07) is 10.4. The second-order valence-electron chi connectivity index (χ2n) is 7.28. The van der Waals surface area contributed by atoms with Crippen LogP contribution in [0.4, 0.5) is 0 Å². The predicted molar refractivity (Wildman–Crippen MR) is 119 cm³/mol. The third-order valence-electron chi connectivity index (χ3n) is 5.04. The molecule has 0 radical (unpaired) electrons. The molecule has 146 valence electrons. The van der Waals surface area contributed by atoms with Crippen LogP contribution in [0.25, 0.3) is 0 Å². The number of nitrogens with one attached hydrogen (secondary N) is 1. The van der Waals surface area contributed by atoms with Crippen molar-refractivity contribution in [2.45, 2.75) is 26.7 Å². The van der Waals surface area contributed by atoms with Gasteiger partial charge in [0.2, 0.25) is 5.91 Å². The molecule has 2 atom stereocenters. The molecule has 0 aromatic heterocycles. The molecule has 26 heavy (non-hydrogen) atoms. The Kier molecular flexibility index (Phi) is 9.98. The fourth-order valence-corrected chi connectivity index (χ4v) is 2.97. The summed E-state index contributed by atoms with van der Waals surface area (Å²) in [6.45, 7) is 7.62. The van der Waals surface area contributed by atoms with Gasteiger partial charge in [0.15, 0.2) is 5.96 Å². The number of amides is 1. The summed E-state index contributed by atoms with van der Waals surface area (Å²) in [5.41, 5.74) is 1.30.